The molecule has 1 fully saturated rings. The molecule has 1 atom stereocenters. The molecule has 0 radical (unpaired) electrons. The van der Waals surface area contributed by atoms with E-state index in [1.807, 2.05) is 43.1 Å². The summed E-state index contributed by atoms with van der Waals surface area (Å²) < 4.78 is 1.60. The van der Waals surface area contributed by atoms with Crippen LogP contribution in [0.3, 0.4) is 0 Å². The van der Waals surface area contributed by atoms with Gasteiger partial charge >= 0.3 is 0 Å². The summed E-state index contributed by atoms with van der Waals surface area (Å²) in [6.45, 7) is 7.20. The minimum atomic E-state index is -0.205. The highest BCUT2D eigenvalue weighted by Gasteiger charge is 2.27. The second kappa shape index (κ2) is 8.92. The number of hydrogen-bond donors (Lipinski definition) is 2. The van der Waals surface area contributed by atoms with Gasteiger partial charge in [-0.1, -0.05) is 5.10 Å². The number of carbonyl (C=O) groups is 1. The molecule has 5 heterocycles. The number of benzene rings is 1. The summed E-state index contributed by atoms with van der Waals surface area (Å²) >= 11 is 0. The van der Waals surface area contributed by atoms with Crippen molar-refractivity contribution in [1.82, 2.24) is 45.3 Å². The van der Waals surface area contributed by atoms with Crippen LogP contribution in [0.4, 0.5) is 17.5 Å². The van der Waals surface area contributed by atoms with E-state index in [4.69, 9.17) is 0 Å². The summed E-state index contributed by atoms with van der Waals surface area (Å²) in [5, 5.41) is 23.2. The number of carbonyl (C=O) groups excluding carboxylic acids is 1. The fourth-order valence-electron chi connectivity index (χ4n) is 4.79. The number of likely N-dealkylation sites (N-methyl/N-ethyl adjacent to an activating group) is 1. The van der Waals surface area contributed by atoms with Crippen molar-refractivity contribution in [3.63, 3.8) is 0 Å². The van der Waals surface area contributed by atoms with Crippen LogP contribution in [0.25, 0.3) is 22.3 Å². The first kappa shape index (κ1) is 23.0. The number of aromatic nitrogens is 8. The fourth-order valence-corrected chi connectivity index (χ4v) is 4.79. The lowest BCUT2D eigenvalue weighted by molar-refractivity contribution is -0.113. The third-order valence-corrected chi connectivity index (χ3v) is 7.33. The molecule has 190 valence electrons. The van der Waals surface area contributed by atoms with Gasteiger partial charge in [0.1, 0.15) is 17.8 Å². The fraction of sp³-hybridized carbons (Fsp3) is 0.375. The summed E-state index contributed by atoms with van der Waals surface area (Å²) in [6.07, 6.45) is 1.59. The highest BCUT2D eigenvalue weighted by molar-refractivity contribution is 6.06. The number of nitrogens with one attached hydrogen (secondary N) is 2. The number of rotatable bonds is 4. The Hall–Kier alpha value is -4.39. The van der Waals surface area contributed by atoms with E-state index in [0.29, 0.717) is 35.5 Å². The van der Waals surface area contributed by atoms with Crippen molar-refractivity contribution in [2.45, 2.75) is 26.4 Å². The zero-order chi connectivity index (χ0) is 25.7. The maximum absolute atomic E-state index is 13.2. The van der Waals surface area contributed by atoms with Crippen molar-refractivity contribution in [3.05, 3.63) is 41.9 Å². The minimum Gasteiger partial charge on any atom is -0.354 e. The molecule has 13 nitrogen and oxygen atoms in total. The van der Waals surface area contributed by atoms with Crippen LogP contribution in [-0.2, 0) is 11.3 Å². The van der Waals surface area contributed by atoms with Crippen LogP contribution < -0.4 is 15.1 Å². The molecule has 3 aromatic heterocycles. The first-order chi connectivity index (χ1) is 17.9. The molecule has 0 spiro atoms. The number of H-pyrrole nitrogens is 1. The van der Waals surface area contributed by atoms with Crippen molar-refractivity contribution in [2.24, 2.45) is 0 Å². The SMILES string of the molecule is CC1=C(C(=O)Nc2ccc3[nH]nc(-c4cc(N5CCN(C)C(C)C5)ncn4)c3c2)Cn2nnnc2N1C. The van der Waals surface area contributed by atoms with Gasteiger partial charge in [0, 0.05) is 55.6 Å². The molecule has 4 aromatic rings. The van der Waals surface area contributed by atoms with E-state index in [1.54, 1.807) is 11.0 Å². The molecule has 2 aliphatic rings. The zero-order valence-corrected chi connectivity index (χ0v) is 21.2. The first-order valence-electron chi connectivity index (χ1n) is 12.2. The van der Waals surface area contributed by atoms with E-state index < -0.39 is 0 Å². The Morgan fingerprint density at radius 2 is 2.03 bits per heavy atom. The standard InChI is InChI=1S/C24H28N12O/c1-14-11-35(8-7-33(14)3)21-10-20(25-13-26-21)22-17-9-16(5-6-19(17)28-29-22)27-23(37)18-12-36-24(30-31-32-36)34(4)15(18)2/h5-6,9-10,13-14H,7-8,11-12H2,1-4H3,(H,27,37)(H,28,29). The predicted molar refractivity (Wildman–Crippen MR) is 139 cm³/mol. The van der Waals surface area contributed by atoms with Crippen LogP contribution >= 0.6 is 0 Å². The van der Waals surface area contributed by atoms with Crippen LogP contribution in [0.15, 0.2) is 41.9 Å². The zero-order valence-electron chi connectivity index (χ0n) is 21.2. The number of hydrogen-bond acceptors (Lipinski definition) is 10. The molecule has 1 aromatic carbocycles. The van der Waals surface area contributed by atoms with Crippen molar-refractivity contribution in [1.29, 1.82) is 0 Å². The number of anilines is 3. The lowest BCUT2D eigenvalue weighted by Crippen LogP contribution is -2.50. The van der Waals surface area contributed by atoms with Gasteiger partial charge in [-0.25, -0.2) is 14.6 Å². The Labute approximate surface area is 213 Å². The highest BCUT2D eigenvalue weighted by atomic mass is 16.1. The molecule has 0 bridgehead atoms. The maximum atomic E-state index is 13.2. The number of nitrogens with zero attached hydrogens (tertiary/aromatic N) is 10. The number of amides is 1. The summed E-state index contributed by atoms with van der Waals surface area (Å²) in [7, 11) is 3.99. The van der Waals surface area contributed by atoms with Crippen molar-refractivity contribution in [3.8, 4) is 11.4 Å². The molecule has 1 unspecified atom stereocenters. The second-order valence-electron chi connectivity index (χ2n) is 9.58. The van der Waals surface area contributed by atoms with E-state index >= 15 is 0 Å². The maximum Gasteiger partial charge on any atom is 0.255 e. The smallest absolute Gasteiger partial charge is 0.255 e. The molecule has 1 saturated heterocycles. The highest BCUT2D eigenvalue weighted by Crippen LogP contribution is 2.30. The van der Waals surface area contributed by atoms with Gasteiger partial charge < -0.3 is 20.0 Å². The van der Waals surface area contributed by atoms with E-state index in [2.05, 4.69) is 64.8 Å². The van der Waals surface area contributed by atoms with Gasteiger partial charge in [-0.15, -0.1) is 0 Å². The van der Waals surface area contributed by atoms with Gasteiger partial charge in [0.2, 0.25) is 5.95 Å². The Morgan fingerprint density at radius 1 is 1.16 bits per heavy atom. The van der Waals surface area contributed by atoms with Crippen molar-refractivity contribution < 1.29 is 4.79 Å². The van der Waals surface area contributed by atoms with E-state index in [1.165, 1.54) is 0 Å². The first-order valence-corrected chi connectivity index (χ1v) is 12.2. The topological polar surface area (TPSA) is 137 Å². The molecular weight excluding hydrogens is 472 g/mol. The normalized spacial score (nSPS) is 18.4. The quantitative estimate of drug-likeness (QED) is 0.424. The number of tetrazole rings is 1. The van der Waals surface area contributed by atoms with Crippen LogP contribution in [0.5, 0.6) is 0 Å². The largest absolute Gasteiger partial charge is 0.354 e. The van der Waals surface area contributed by atoms with Crippen LogP contribution in [0, 0.1) is 0 Å². The van der Waals surface area contributed by atoms with Gasteiger partial charge in [-0.05, 0) is 49.5 Å². The summed E-state index contributed by atoms with van der Waals surface area (Å²) in [6, 6.07) is 8.09. The average Bonchev–Trinajstić information content (AvgIpc) is 3.55. The van der Waals surface area contributed by atoms with E-state index in [-0.39, 0.29) is 5.91 Å². The third kappa shape index (κ3) is 4.06. The Bertz CT molecular complexity index is 1520. The molecule has 0 aliphatic carbocycles. The van der Waals surface area contributed by atoms with Gasteiger partial charge in [0.15, 0.2) is 0 Å². The molecule has 2 N–H and O–H groups in total. The van der Waals surface area contributed by atoms with Gasteiger partial charge in [-0.2, -0.15) is 5.10 Å². The van der Waals surface area contributed by atoms with E-state index in [9.17, 15) is 4.79 Å². The summed E-state index contributed by atoms with van der Waals surface area (Å²) in [4.78, 5) is 28.7. The monoisotopic (exact) mass is 500 g/mol. The number of piperazine rings is 1. The molecule has 2 aliphatic heterocycles. The number of allylic oxidation sites excluding steroid dienone is 1. The Kier molecular flexibility index (Phi) is 5.56. The Morgan fingerprint density at radius 3 is 2.86 bits per heavy atom. The molecule has 13 heteroatoms. The van der Waals surface area contributed by atoms with Crippen LogP contribution in [0.2, 0.25) is 0 Å². The summed E-state index contributed by atoms with van der Waals surface area (Å²) in [5.41, 5.74) is 4.35. The molecule has 37 heavy (non-hydrogen) atoms. The van der Waals surface area contributed by atoms with E-state index in [0.717, 1.165) is 47.7 Å². The Balaban J connectivity index is 1.27. The lowest BCUT2D eigenvalue weighted by Gasteiger charge is -2.38. The minimum absolute atomic E-state index is 0.205. The van der Waals surface area contributed by atoms with Crippen LogP contribution in [0.1, 0.15) is 13.8 Å². The van der Waals surface area contributed by atoms with Gasteiger partial charge in [-0.3, -0.25) is 9.89 Å². The third-order valence-electron chi connectivity index (χ3n) is 7.33. The molecule has 6 rings (SSSR count). The average molecular weight is 501 g/mol. The molecular formula is C24H28N12O. The van der Waals surface area contributed by atoms with Crippen molar-refractivity contribution >= 4 is 34.3 Å². The van der Waals surface area contributed by atoms with Gasteiger partial charge in [0.25, 0.3) is 5.91 Å². The summed E-state index contributed by atoms with van der Waals surface area (Å²) in [5.74, 6) is 1.29. The molecule has 1 amide bonds. The van der Waals surface area contributed by atoms with Crippen LogP contribution in [-0.4, -0.2) is 91.0 Å². The molecule has 0 saturated carbocycles. The van der Waals surface area contributed by atoms with Gasteiger partial charge in [0.05, 0.1) is 23.3 Å². The number of fused-ring (bicyclic) bond motifs is 2. The lowest BCUT2D eigenvalue weighted by atomic mass is 10.1. The predicted octanol–water partition coefficient (Wildman–Crippen LogP) is 1.51. The second-order valence-corrected chi connectivity index (χ2v) is 9.58. The number of aromatic amines is 1. The van der Waals surface area contributed by atoms with Crippen molar-refractivity contribution in [2.75, 3.05) is 48.8 Å².